The van der Waals surface area contributed by atoms with E-state index in [1.165, 1.54) is 7.11 Å². The maximum atomic E-state index is 12.6. The zero-order valence-corrected chi connectivity index (χ0v) is 13.1. The molecule has 0 bridgehead atoms. The minimum atomic E-state index is -0.451. The molecule has 0 aliphatic carbocycles. The number of β-amino-alcohol motifs (C(OH)–C–C–N with tert-alkyl or cyclic N) is 1. The quantitative estimate of drug-likeness (QED) is 0.912. The lowest BCUT2D eigenvalue weighted by molar-refractivity contribution is 0.0470. The van der Waals surface area contributed by atoms with Crippen LogP contribution in [0.25, 0.3) is 0 Å². The fourth-order valence-electron chi connectivity index (χ4n) is 2.36. The van der Waals surface area contributed by atoms with Gasteiger partial charge in [-0.1, -0.05) is 0 Å². The summed E-state index contributed by atoms with van der Waals surface area (Å²) in [5.41, 5.74) is 0.438. The SMILES string of the molecule is COc1cc(Br)c(OC)c(C(=O)N2CCCC(O)C2)c1. The number of nitrogens with zero attached hydrogens (tertiary/aromatic N) is 1. The van der Waals surface area contributed by atoms with E-state index in [1.54, 1.807) is 24.1 Å². The largest absolute Gasteiger partial charge is 0.497 e. The number of hydrogen-bond donors (Lipinski definition) is 1. The van der Waals surface area contributed by atoms with Gasteiger partial charge in [0.05, 0.1) is 30.4 Å². The van der Waals surface area contributed by atoms with E-state index in [0.717, 1.165) is 12.8 Å². The molecule has 1 N–H and O–H groups in total. The summed E-state index contributed by atoms with van der Waals surface area (Å²) in [4.78, 5) is 14.3. The van der Waals surface area contributed by atoms with Crippen molar-refractivity contribution < 1.29 is 19.4 Å². The first-order valence-corrected chi connectivity index (χ1v) is 7.25. The van der Waals surface area contributed by atoms with Crippen molar-refractivity contribution in [3.8, 4) is 11.5 Å². The third-order valence-electron chi connectivity index (χ3n) is 3.37. The van der Waals surface area contributed by atoms with Crippen LogP contribution in [0.3, 0.4) is 0 Å². The third-order valence-corrected chi connectivity index (χ3v) is 3.96. The molecule has 1 saturated heterocycles. The Kier molecular flexibility index (Phi) is 4.88. The van der Waals surface area contributed by atoms with Crippen molar-refractivity contribution in [2.75, 3.05) is 27.3 Å². The molecule has 5 nitrogen and oxygen atoms in total. The highest BCUT2D eigenvalue weighted by Crippen LogP contribution is 2.34. The Balaban J connectivity index is 2.34. The predicted octanol–water partition coefficient (Wildman–Crippen LogP) is 2.06. The van der Waals surface area contributed by atoms with Crippen LogP contribution in [0.15, 0.2) is 16.6 Å². The van der Waals surface area contributed by atoms with Crippen LogP contribution in [0, 0.1) is 0 Å². The van der Waals surface area contributed by atoms with Crippen LogP contribution in [0.1, 0.15) is 23.2 Å². The van der Waals surface area contributed by atoms with Gasteiger partial charge in [-0.2, -0.15) is 0 Å². The Hall–Kier alpha value is -1.27. The average Bonchev–Trinajstić information content (AvgIpc) is 2.45. The summed E-state index contributed by atoms with van der Waals surface area (Å²) in [6.07, 6.45) is 1.09. The van der Waals surface area contributed by atoms with Gasteiger partial charge in [0.2, 0.25) is 0 Å². The number of amides is 1. The average molecular weight is 344 g/mol. The van der Waals surface area contributed by atoms with Gasteiger partial charge >= 0.3 is 0 Å². The topological polar surface area (TPSA) is 59.0 Å². The van der Waals surface area contributed by atoms with E-state index in [-0.39, 0.29) is 5.91 Å². The number of hydrogen-bond acceptors (Lipinski definition) is 4. The molecule has 0 spiro atoms. The number of carbonyl (C=O) groups is 1. The molecule has 1 aromatic carbocycles. The fourth-order valence-corrected chi connectivity index (χ4v) is 2.96. The predicted molar refractivity (Wildman–Crippen MR) is 78.4 cm³/mol. The standard InChI is InChI=1S/C14H18BrNO4/c1-19-10-6-11(13(20-2)12(15)7-10)14(18)16-5-3-4-9(17)8-16/h6-7,9,17H,3-5,8H2,1-2H3. The van der Waals surface area contributed by atoms with Gasteiger partial charge in [-0.05, 0) is 40.9 Å². The second-order valence-electron chi connectivity index (χ2n) is 4.74. The molecule has 1 aliphatic rings. The van der Waals surface area contributed by atoms with E-state index in [0.29, 0.717) is 34.6 Å². The molecule has 0 aromatic heterocycles. The normalized spacial score (nSPS) is 18.8. The Morgan fingerprint density at radius 1 is 1.40 bits per heavy atom. The van der Waals surface area contributed by atoms with Crippen molar-refractivity contribution in [3.63, 3.8) is 0 Å². The second kappa shape index (κ2) is 6.45. The molecule has 110 valence electrons. The highest BCUT2D eigenvalue weighted by atomic mass is 79.9. The summed E-state index contributed by atoms with van der Waals surface area (Å²) in [5.74, 6) is 0.912. The summed E-state index contributed by atoms with van der Waals surface area (Å²) in [6.45, 7) is 1.00. The molecule has 20 heavy (non-hydrogen) atoms. The number of benzene rings is 1. The monoisotopic (exact) mass is 343 g/mol. The van der Waals surface area contributed by atoms with Gasteiger partial charge in [0, 0.05) is 13.1 Å². The first-order chi connectivity index (χ1) is 9.56. The maximum Gasteiger partial charge on any atom is 0.257 e. The highest BCUT2D eigenvalue weighted by Gasteiger charge is 2.26. The van der Waals surface area contributed by atoms with Gasteiger partial charge in [0.15, 0.2) is 0 Å². The number of piperidine rings is 1. The molecule has 1 aliphatic heterocycles. The second-order valence-corrected chi connectivity index (χ2v) is 5.59. The van der Waals surface area contributed by atoms with E-state index in [9.17, 15) is 9.90 Å². The van der Waals surface area contributed by atoms with Crippen molar-refractivity contribution in [3.05, 3.63) is 22.2 Å². The number of rotatable bonds is 3. The van der Waals surface area contributed by atoms with Crippen molar-refractivity contribution in [2.45, 2.75) is 18.9 Å². The van der Waals surface area contributed by atoms with Crippen molar-refractivity contribution >= 4 is 21.8 Å². The van der Waals surface area contributed by atoms with Gasteiger partial charge in [-0.15, -0.1) is 0 Å². The Bertz CT molecular complexity index is 506. The van der Waals surface area contributed by atoms with Crippen molar-refractivity contribution in [2.24, 2.45) is 0 Å². The minimum absolute atomic E-state index is 0.153. The number of halogens is 1. The number of aliphatic hydroxyl groups excluding tert-OH is 1. The Morgan fingerprint density at radius 3 is 2.75 bits per heavy atom. The van der Waals surface area contributed by atoms with Crippen LogP contribution in [0.4, 0.5) is 0 Å². The summed E-state index contributed by atoms with van der Waals surface area (Å²) in [5, 5.41) is 9.70. The molecule has 6 heteroatoms. The van der Waals surface area contributed by atoms with E-state index < -0.39 is 6.10 Å². The molecule has 1 fully saturated rings. The zero-order valence-electron chi connectivity index (χ0n) is 11.6. The van der Waals surface area contributed by atoms with E-state index in [4.69, 9.17) is 9.47 Å². The summed E-state index contributed by atoms with van der Waals surface area (Å²) >= 11 is 3.38. The number of methoxy groups -OCH3 is 2. The molecular formula is C14H18BrNO4. The number of carbonyl (C=O) groups excluding carboxylic acids is 1. The maximum absolute atomic E-state index is 12.6. The molecule has 1 heterocycles. The lowest BCUT2D eigenvalue weighted by atomic mass is 10.1. The molecule has 2 rings (SSSR count). The number of ether oxygens (including phenoxy) is 2. The minimum Gasteiger partial charge on any atom is -0.497 e. The fraction of sp³-hybridized carbons (Fsp3) is 0.500. The van der Waals surface area contributed by atoms with Crippen LogP contribution >= 0.6 is 15.9 Å². The molecule has 0 radical (unpaired) electrons. The molecule has 1 unspecified atom stereocenters. The molecule has 1 amide bonds. The van der Waals surface area contributed by atoms with Gasteiger partial charge < -0.3 is 19.5 Å². The Morgan fingerprint density at radius 2 is 2.15 bits per heavy atom. The lowest BCUT2D eigenvalue weighted by Crippen LogP contribution is -2.42. The van der Waals surface area contributed by atoms with Gasteiger partial charge in [0.25, 0.3) is 5.91 Å². The van der Waals surface area contributed by atoms with Crippen molar-refractivity contribution in [1.29, 1.82) is 0 Å². The highest BCUT2D eigenvalue weighted by molar-refractivity contribution is 9.10. The molecule has 1 aromatic rings. The van der Waals surface area contributed by atoms with Crippen LogP contribution in [-0.4, -0.2) is 49.3 Å². The summed E-state index contributed by atoms with van der Waals surface area (Å²) < 4.78 is 11.2. The first-order valence-electron chi connectivity index (χ1n) is 6.45. The van der Waals surface area contributed by atoms with E-state index in [2.05, 4.69) is 15.9 Å². The van der Waals surface area contributed by atoms with Crippen molar-refractivity contribution in [1.82, 2.24) is 4.90 Å². The van der Waals surface area contributed by atoms with Crippen LogP contribution in [-0.2, 0) is 0 Å². The third kappa shape index (κ3) is 3.07. The molecule has 1 atom stereocenters. The number of likely N-dealkylation sites (tertiary alicyclic amines) is 1. The molecule has 0 saturated carbocycles. The number of aliphatic hydroxyl groups is 1. The van der Waals surface area contributed by atoms with E-state index in [1.807, 2.05) is 0 Å². The van der Waals surface area contributed by atoms with Crippen LogP contribution in [0.2, 0.25) is 0 Å². The summed E-state index contributed by atoms with van der Waals surface area (Å²) in [7, 11) is 3.07. The Labute approximate surface area is 126 Å². The van der Waals surface area contributed by atoms with E-state index >= 15 is 0 Å². The van der Waals surface area contributed by atoms with Gasteiger partial charge in [0.1, 0.15) is 11.5 Å². The molecular weight excluding hydrogens is 326 g/mol. The lowest BCUT2D eigenvalue weighted by Gasteiger charge is -2.30. The smallest absolute Gasteiger partial charge is 0.257 e. The van der Waals surface area contributed by atoms with Crippen LogP contribution < -0.4 is 9.47 Å². The van der Waals surface area contributed by atoms with Gasteiger partial charge in [-0.3, -0.25) is 4.79 Å². The first kappa shape index (κ1) is 15.1. The summed E-state index contributed by atoms with van der Waals surface area (Å²) in [6, 6.07) is 3.41. The zero-order chi connectivity index (χ0) is 14.7. The van der Waals surface area contributed by atoms with Crippen LogP contribution in [0.5, 0.6) is 11.5 Å². The van der Waals surface area contributed by atoms with Gasteiger partial charge in [-0.25, -0.2) is 0 Å².